The lowest BCUT2D eigenvalue weighted by atomic mass is 9.96. The van der Waals surface area contributed by atoms with Crippen molar-refractivity contribution in [3.8, 4) is 0 Å². The van der Waals surface area contributed by atoms with E-state index in [0.29, 0.717) is 0 Å². The number of aryl methyl sites for hydroxylation is 2. The van der Waals surface area contributed by atoms with Crippen LogP contribution in [0.3, 0.4) is 0 Å². The summed E-state index contributed by atoms with van der Waals surface area (Å²) >= 11 is 6.18. The van der Waals surface area contributed by atoms with Crippen molar-refractivity contribution in [3.63, 3.8) is 0 Å². The average molecular weight is 443 g/mol. The van der Waals surface area contributed by atoms with Gasteiger partial charge in [-0.05, 0) is 47.7 Å². The molecule has 6 rings (SSSR count). The Morgan fingerprint density at radius 3 is 2.28 bits per heavy atom. The fourth-order valence-electron chi connectivity index (χ4n) is 5.40. The van der Waals surface area contributed by atoms with E-state index in [2.05, 4.69) is 75.0 Å². The maximum Gasteiger partial charge on any atom is 0.206 e. The minimum Gasteiger partial charge on any atom is -0.340 e. The summed E-state index contributed by atoms with van der Waals surface area (Å²) in [6.07, 6.45) is 2.36. The van der Waals surface area contributed by atoms with Crippen LogP contribution in [-0.4, -0.2) is 40.6 Å². The number of anilines is 1. The number of hydrogen-bond acceptors (Lipinski definition) is 3. The van der Waals surface area contributed by atoms with Crippen LogP contribution >= 0.6 is 11.6 Å². The summed E-state index contributed by atoms with van der Waals surface area (Å²) in [4.78, 5) is 10.1. The maximum absolute atomic E-state index is 6.18. The molecule has 5 heteroatoms. The highest BCUT2D eigenvalue weighted by Gasteiger charge is 2.29. The van der Waals surface area contributed by atoms with Crippen LogP contribution in [0.1, 0.15) is 29.2 Å². The van der Waals surface area contributed by atoms with Crippen LogP contribution in [0.4, 0.5) is 5.95 Å². The Hall–Kier alpha value is -2.82. The van der Waals surface area contributed by atoms with Gasteiger partial charge in [0, 0.05) is 37.7 Å². The molecule has 4 aromatic rings. The molecule has 0 radical (unpaired) electrons. The molecule has 0 aliphatic carbocycles. The summed E-state index contributed by atoms with van der Waals surface area (Å²) in [5.74, 6) is 1.15. The Labute approximate surface area is 194 Å². The van der Waals surface area contributed by atoms with E-state index in [-0.39, 0.29) is 6.04 Å². The van der Waals surface area contributed by atoms with E-state index >= 15 is 0 Å². The van der Waals surface area contributed by atoms with Crippen LogP contribution in [0, 0.1) is 0 Å². The quantitative estimate of drug-likeness (QED) is 0.414. The van der Waals surface area contributed by atoms with Gasteiger partial charge < -0.3 is 9.47 Å². The Morgan fingerprint density at radius 2 is 1.50 bits per heavy atom. The van der Waals surface area contributed by atoms with E-state index in [1.165, 1.54) is 28.6 Å². The zero-order valence-electron chi connectivity index (χ0n) is 18.1. The highest BCUT2D eigenvalue weighted by atomic mass is 35.5. The fourth-order valence-corrected chi connectivity index (χ4v) is 5.53. The molecule has 1 atom stereocenters. The molecule has 32 heavy (non-hydrogen) atoms. The second kappa shape index (κ2) is 8.27. The molecule has 2 aliphatic rings. The molecule has 3 aromatic carbocycles. The molecule has 1 aromatic heterocycles. The van der Waals surface area contributed by atoms with E-state index in [1.54, 1.807) is 0 Å². The molecule has 1 unspecified atom stereocenters. The predicted molar refractivity (Wildman–Crippen MR) is 132 cm³/mol. The van der Waals surface area contributed by atoms with Crippen LogP contribution in [0.15, 0.2) is 72.8 Å². The summed E-state index contributed by atoms with van der Waals surface area (Å²) in [7, 11) is 0. The summed E-state index contributed by atoms with van der Waals surface area (Å²) < 4.78 is 2.46. The van der Waals surface area contributed by atoms with Gasteiger partial charge in [0.2, 0.25) is 5.95 Å². The number of rotatable bonds is 4. The second-order valence-electron chi connectivity index (χ2n) is 8.84. The number of imidazole rings is 1. The first-order valence-corrected chi connectivity index (χ1v) is 11.9. The molecule has 0 saturated carbocycles. The number of piperazine rings is 1. The summed E-state index contributed by atoms with van der Waals surface area (Å²) in [5, 5.41) is 0.782. The van der Waals surface area contributed by atoms with Crippen LogP contribution in [-0.2, 0) is 13.0 Å². The molecule has 0 N–H and O–H groups in total. The zero-order valence-corrected chi connectivity index (χ0v) is 18.9. The third kappa shape index (κ3) is 3.48. The molecule has 1 saturated heterocycles. The fraction of sp³-hybridized carbons (Fsp3) is 0.296. The lowest BCUT2D eigenvalue weighted by molar-refractivity contribution is 0.211. The summed E-state index contributed by atoms with van der Waals surface area (Å²) in [6.45, 7) is 5.03. The monoisotopic (exact) mass is 442 g/mol. The number of para-hydroxylation sites is 1. The Bertz CT molecular complexity index is 1220. The molecular formula is C27H27ClN4. The van der Waals surface area contributed by atoms with E-state index in [1.807, 2.05) is 12.1 Å². The predicted octanol–water partition coefficient (Wildman–Crippen LogP) is 5.55. The first kappa shape index (κ1) is 19.8. The highest BCUT2D eigenvalue weighted by Crippen LogP contribution is 2.33. The molecular weight excluding hydrogens is 416 g/mol. The number of aromatic nitrogens is 2. The van der Waals surface area contributed by atoms with E-state index in [9.17, 15) is 0 Å². The molecule has 3 heterocycles. The molecule has 0 bridgehead atoms. The van der Waals surface area contributed by atoms with E-state index < -0.39 is 0 Å². The Balaban J connectivity index is 1.28. The minimum absolute atomic E-state index is 0.236. The molecule has 4 nitrogen and oxygen atoms in total. The van der Waals surface area contributed by atoms with Crippen molar-refractivity contribution in [2.24, 2.45) is 0 Å². The van der Waals surface area contributed by atoms with Gasteiger partial charge in [-0.25, -0.2) is 4.98 Å². The number of benzene rings is 3. The topological polar surface area (TPSA) is 24.3 Å². The van der Waals surface area contributed by atoms with Crippen molar-refractivity contribution in [3.05, 3.63) is 94.5 Å². The third-order valence-electron chi connectivity index (χ3n) is 6.92. The Morgan fingerprint density at radius 1 is 0.750 bits per heavy atom. The lowest BCUT2D eigenvalue weighted by Crippen LogP contribution is -2.48. The van der Waals surface area contributed by atoms with Crippen molar-refractivity contribution in [2.45, 2.75) is 25.4 Å². The van der Waals surface area contributed by atoms with Gasteiger partial charge in [-0.3, -0.25) is 4.90 Å². The van der Waals surface area contributed by atoms with Crippen molar-refractivity contribution in [2.75, 3.05) is 31.1 Å². The van der Waals surface area contributed by atoms with Gasteiger partial charge in [-0.2, -0.15) is 0 Å². The van der Waals surface area contributed by atoms with Gasteiger partial charge in [-0.15, -0.1) is 0 Å². The molecule has 2 aliphatic heterocycles. The normalized spacial score (nSPS) is 17.6. The molecule has 0 amide bonds. The van der Waals surface area contributed by atoms with Crippen LogP contribution in [0.25, 0.3) is 11.0 Å². The maximum atomic E-state index is 6.18. The van der Waals surface area contributed by atoms with Gasteiger partial charge in [0.1, 0.15) is 0 Å². The van der Waals surface area contributed by atoms with E-state index in [0.717, 1.165) is 55.6 Å². The first-order chi connectivity index (χ1) is 15.8. The molecule has 162 valence electrons. The molecule has 1 fully saturated rings. The first-order valence-electron chi connectivity index (χ1n) is 11.6. The van der Waals surface area contributed by atoms with Crippen molar-refractivity contribution in [1.82, 2.24) is 14.5 Å². The van der Waals surface area contributed by atoms with Gasteiger partial charge in [0.05, 0.1) is 17.1 Å². The number of hydrogen-bond donors (Lipinski definition) is 0. The smallest absolute Gasteiger partial charge is 0.206 e. The third-order valence-corrected chi connectivity index (χ3v) is 7.17. The van der Waals surface area contributed by atoms with Crippen molar-refractivity contribution in [1.29, 1.82) is 0 Å². The van der Waals surface area contributed by atoms with Crippen LogP contribution in [0.5, 0.6) is 0 Å². The lowest BCUT2D eigenvalue weighted by Gasteiger charge is -2.40. The zero-order chi connectivity index (χ0) is 21.5. The summed E-state index contributed by atoms with van der Waals surface area (Å²) in [5.41, 5.74) is 6.55. The van der Waals surface area contributed by atoms with Crippen LogP contribution in [0.2, 0.25) is 5.02 Å². The second-order valence-corrected chi connectivity index (χ2v) is 9.28. The largest absolute Gasteiger partial charge is 0.340 e. The van der Waals surface area contributed by atoms with Gasteiger partial charge in [0.15, 0.2) is 0 Å². The Kier molecular flexibility index (Phi) is 5.12. The van der Waals surface area contributed by atoms with Gasteiger partial charge >= 0.3 is 0 Å². The number of nitrogens with zero attached hydrogens (tertiary/aromatic N) is 4. The van der Waals surface area contributed by atoms with Crippen LogP contribution < -0.4 is 4.90 Å². The van der Waals surface area contributed by atoms with Crippen molar-refractivity contribution < 1.29 is 0 Å². The molecule has 0 spiro atoms. The standard InChI is InChI=1S/C27H27ClN4/c28-23-13-11-22(12-14-23)25(20-6-2-1-3-7-20)30-16-18-31(19-17-30)27-29-24-10-4-8-21-9-5-15-32(27)26(21)24/h1-4,6-8,10-14,25H,5,9,15-19H2. The average Bonchev–Trinajstić information content (AvgIpc) is 3.22. The van der Waals surface area contributed by atoms with Gasteiger partial charge in [-0.1, -0.05) is 66.2 Å². The summed E-state index contributed by atoms with van der Waals surface area (Å²) in [6, 6.07) is 26.0. The van der Waals surface area contributed by atoms with E-state index in [4.69, 9.17) is 16.6 Å². The highest BCUT2D eigenvalue weighted by molar-refractivity contribution is 6.30. The SMILES string of the molecule is Clc1ccc(C(c2ccccc2)N2CCN(c3nc4cccc5c4n3CCC5)CC2)cc1. The van der Waals surface area contributed by atoms with Gasteiger partial charge in [0.25, 0.3) is 0 Å². The minimum atomic E-state index is 0.236. The van der Waals surface area contributed by atoms with Crippen molar-refractivity contribution >= 4 is 28.6 Å². The number of halogens is 1.